The molecule has 0 amide bonds. The molecule has 0 aliphatic heterocycles. The molecule has 12 heteroatoms. The van der Waals surface area contributed by atoms with Crippen molar-refractivity contribution in [3.05, 3.63) is 71.8 Å². The molecule has 0 spiro atoms. The van der Waals surface area contributed by atoms with Gasteiger partial charge in [-0.2, -0.15) is 0 Å². The highest BCUT2D eigenvalue weighted by Gasteiger charge is 2.31. The third-order valence-corrected chi connectivity index (χ3v) is 6.28. The van der Waals surface area contributed by atoms with Gasteiger partial charge in [0, 0.05) is 5.56 Å². The predicted molar refractivity (Wildman–Crippen MR) is 119 cm³/mol. The summed E-state index contributed by atoms with van der Waals surface area (Å²) >= 11 is 0. The van der Waals surface area contributed by atoms with E-state index in [1.165, 1.54) is 55.6 Å². The van der Waals surface area contributed by atoms with Crippen LogP contribution in [-0.4, -0.2) is 32.8 Å². The molecule has 0 saturated heterocycles. The number of methoxy groups -OCH3 is 1. The van der Waals surface area contributed by atoms with E-state index < -0.39 is 22.4 Å². The van der Waals surface area contributed by atoms with Gasteiger partial charge < -0.3 is 13.9 Å². The average molecular weight is 506 g/mol. The van der Waals surface area contributed by atoms with E-state index in [9.17, 15) is 26.4 Å². The minimum Gasteiger partial charge on any atom is -0.465 e. The molecule has 0 atom stereocenters. The minimum absolute atomic E-state index is 0.124. The number of hydrogen-bond acceptors (Lipinski definition) is 7. The molecule has 0 fully saturated rings. The van der Waals surface area contributed by atoms with Gasteiger partial charge in [-0.25, -0.2) is 18.2 Å². The SMILES string of the molecule is COC(=O)c1cc(S(=O)(=O)Nc2ccc3oc(-c4ccc(OC(F)(F)F)cc4)nc3c2)ccc1C. The number of alkyl halides is 3. The summed E-state index contributed by atoms with van der Waals surface area (Å²) in [6.07, 6.45) is -4.80. The van der Waals surface area contributed by atoms with Gasteiger partial charge in [0.05, 0.1) is 23.3 Å². The molecule has 4 aromatic rings. The van der Waals surface area contributed by atoms with Crippen LogP contribution in [-0.2, 0) is 14.8 Å². The smallest absolute Gasteiger partial charge is 0.465 e. The Labute approximate surface area is 197 Å². The lowest BCUT2D eigenvalue weighted by Gasteiger charge is -2.10. The van der Waals surface area contributed by atoms with Crippen LogP contribution < -0.4 is 9.46 Å². The second-order valence-electron chi connectivity index (χ2n) is 7.35. The molecule has 35 heavy (non-hydrogen) atoms. The highest BCUT2D eigenvalue weighted by molar-refractivity contribution is 7.92. The van der Waals surface area contributed by atoms with E-state index in [2.05, 4.69) is 19.2 Å². The number of nitrogens with zero attached hydrogens (tertiary/aromatic N) is 1. The summed E-state index contributed by atoms with van der Waals surface area (Å²) in [6.45, 7) is 1.66. The number of aryl methyl sites for hydroxylation is 1. The lowest BCUT2D eigenvalue weighted by Crippen LogP contribution is -2.16. The summed E-state index contributed by atoms with van der Waals surface area (Å²) < 4.78 is 79.3. The Balaban J connectivity index is 1.58. The van der Waals surface area contributed by atoms with Crippen LogP contribution in [0.5, 0.6) is 5.75 Å². The molecule has 182 valence electrons. The first-order chi connectivity index (χ1) is 16.4. The molecule has 0 unspecified atom stereocenters. The fraction of sp³-hybridized carbons (Fsp3) is 0.130. The Morgan fingerprint density at radius 2 is 1.74 bits per heavy atom. The van der Waals surface area contributed by atoms with E-state index in [0.29, 0.717) is 22.2 Å². The molecule has 0 saturated carbocycles. The van der Waals surface area contributed by atoms with Crippen LogP contribution in [0.25, 0.3) is 22.6 Å². The van der Waals surface area contributed by atoms with Gasteiger partial charge in [-0.15, -0.1) is 13.2 Å². The van der Waals surface area contributed by atoms with E-state index >= 15 is 0 Å². The molecule has 8 nitrogen and oxygen atoms in total. The van der Waals surface area contributed by atoms with Gasteiger partial charge in [0.25, 0.3) is 10.0 Å². The number of nitrogens with one attached hydrogen (secondary N) is 1. The van der Waals surface area contributed by atoms with Crippen LogP contribution in [0, 0.1) is 6.92 Å². The Morgan fingerprint density at radius 1 is 1.03 bits per heavy atom. The van der Waals surface area contributed by atoms with Crippen molar-refractivity contribution in [3.8, 4) is 17.2 Å². The van der Waals surface area contributed by atoms with Crippen LogP contribution in [0.1, 0.15) is 15.9 Å². The van der Waals surface area contributed by atoms with Gasteiger partial charge in [0.1, 0.15) is 11.3 Å². The van der Waals surface area contributed by atoms with E-state index in [-0.39, 0.29) is 27.8 Å². The van der Waals surface area contributed by atoms with Gasteiger partial charge in [-0.1, -0.05) is 6.07 Å². The number of aromatic nitrogens is 1. The van der Waals surface area contributed by atoms with Crippen molar-refractivity contribution in [1.82, 2.24) is 4.98 Å². The number of anilines is 1. The number of benzene rings is 3. The van der Waals surface area contributed by atoms with E-state index in [1.54, 1.807) is 6.92 Å². The van der Waals surface area contributed by atoms with Crippen molar-refractivity contribution in [2.45, 2.75) is 18.2 Å². The lowest BCUT2D eigenvalue weighted by molar-refractivity contribution is -0.274. The first kappa shape index (κ1) is 24.1. The topological polar surface area (TPSA) is 108 Å². The summed E-state index contributed by atoms with van der Waals surface area (Å²) in [5, 5.41) is 0. The Bertz CT molecular complexity index is 1510. The molecule has 1 N–H and O–H groups in total. The molecule has 0 aliphatic rings. The maximum atomic E-state index is 12.9. The zero-order valence-electron chi connectivity index (χ0n) is 18.2. The molecule has 3 aromatic carbocycles. The van der Waals surface area contributed by atoms with Gasteiger partial charge >= 0.3 is 12.3 Å². The summed E-state index contributed by atoms with van der Waals surface area (Å²) in [6, 6.07) is 13.4. The van der Waals surface area contributed by atoms with Crippen molar-refractivity contribution in [2.24, 2.45) is 0 Å². The predicted octanol–water partition coefficient (Wildman–Crippen LogP) is 5.29. The van der Waals surface area contributed by atoms with Crippen molar-refractivity contribution in [2.75, 3.05) is 11.8 Å². The van der Waals surface area contributed by atoms with Crippen molar-refractivity contribution < 1.29 is 40.3 Å². The number of rotatable bonds is 6. The number of esters is 1. The lowest BCUT2D eigenvalue weighted by atomic mass is 10.1. The summed E-state index contributed by atoms with van der Waals surface area (Å²) in [4.78, 5) is 16.1. The monoisotopic (exact) mass is 506 g/mol. The zero-order chi connectivity index (χ0) is 25.4. The number of halogens is 3. The molecule has 0 radical (unpaired) electrons. The van der Waals surface area contributed by atoms with E-state index in [0.717, 1.165) is 12.1 Å². The van der Waals surface area contributed by atoms with Crippen LogP contribution >= 0.6 is 0 Å². The number of oxazole rings is 1. The molecular formula is C23H17F3N2O6S. The standard InChI is InChI=1S/C23H17F3N2O6S/c1-13-3-9-17(12-18(13)22(29)32-2)35(30,31)28-15-6-10-20-19(11-15)27-21(33-20)14-4-7-16(8-5-14)34-23(24,25)26/h3-12,28H,1-2H3. The number of sulfonamides is 1. The second kappa shape index (κ2) is 8.95. The molecular weight excluding hydrogens is 489 g/mol. The molecule has 4 rings (SSSR count). The molecule has 1 aromatic heterocycles. The van der Waals surface area contributed by atoms with Gasteiger partial charge in [0.15, 0.2) is 5.58 Å². The number of ether oxygens (including phenoxy) is 2. The van der Waals surface area contributed by atoms with E-state index in [1.807, 2.05) is 0 Å². The Kier molecular flexibility index (Phi) is 6.15. The first-order valence-electron chi connectivity index (χ1n) is 9.94. The maximum Gasteiger partial charge on any atom is 0.573 e. The van der Waals surface area contributed by atoms with Crippen LogP contribution in [0.15, 0.2) is 70.0 Å². The van der Waals surface area contributed by atoms with Gasteiger partial charge in [0.2, 0.25) is 5.89 Å². The highest BCUT2D eigenvalue weighted by atomic mass is 32.2. The average Bonchev–Trinajstić information content (AvgIpc) is 3.21. The fourth-order valence-corrected chi connectivity index (χ4v) is 4.30. The highest BCUT2D eigenvalue weighted by Crippen LogP contribution is 2.30. The molecule has 0 bridgehead atoms. The van der Waals surface area contributed by atoms with Crippen molar-refractivity contribution >= 4 is 32.8 Å². The number of carbonyl (C=O) groups excluding carboxylic acids is 1. The summed E-state index contributed by atoms with van der Waals surface area (Å²) in [5.74, 6) is -0.922. The quantitative estimate of drug-likeness (QED) is 0.354. The Hall–Kier alpha value is -4.06. The zero-order valence-corrected chi connectivity index (χ0v) is 19.0. The number of fused-ring (bicyclic) bond motifs is 1. The first-order valence-corrected chi connectivity index (χ1v) is 11.4. The maximum absolute atomic E-state index is 12.9. The molecule has 1 heterocycles. The van der Waals surface area contributed by atoms with E-state index in [4.69, 9.17) is 4.42 Å². The third kappa shape index (κ3) is 5.38. The Morgan fingerprint density at radius 3 is 2.40 bits per heavy atom. The summed E-state index contributed by atoms with van der Waals surface area (Å²) in [7, 11) is -2.85. The summed E-state index contributed by atoms with van der Waals surface area (Å²) in [5.41, 5.74) is 1.92. The van der Waals surface area contributed by atoms with Crippen LogP contribution in [0.3, 0.4) is 0 Å². The van der Waals surface area contributed by atoms with Crippen LogP contribution in [0.2, 0.25) is 0 Å². The fourth-order valence-electron chi connectivity index (χ4n) is 3.23. The third-order valence-electron chi connectivity index (χ3n) is 4.90. The number of carbonyl (C=O) groups is 1. The van der Waals surface area contributed by atoms with Crippen LogP contribution in [0.4, 0.5) is 18.9 Å². The largest absolute Gasteiger partial charge is 0.573 e. The molecule has 0 aliphatic carbocycles. The number of hydrogen-bond donors (Lipinski definition) is 1. The van der Waals surface area contributed by atoms with Crippen molar-refractivity contribution in [1.29, 1.82) is 0 Å². The normalized spacial score (nSPS) is 11.9. The van der Waals surface area contributed by atoms with Crippen molar-refractivity contribution in [3.63, 3.8) is 0 Å². The second-order valence-corrected chi connectivity index (χ2v) is 9.03. The van der Waals surface area contributed by atoms with Gasteiger partial charge in [-0.3, -0.25) is 4.72 Å². The van der Waals surface area contributed by atoms with Gasteiger partial charge in [-0.05, 0) is 67.1 Å². The minimum atomic E-state index is -4.80.